The van der Waals surface area contributed by atoms with Crippen LogP contribution in [0.4, 0.5) is 11.5 Å². The lowest BCUT2D eigenvalue weighted by molar-refractivity contribution is -0.139. The van der Waals surface area contributed by atoms with Crippen molar-refractivity contribution in [3.8, 4) is 17.0 Å². The molecule has 3 fully saturated rings. The maximum absolute atomic E-state index is 13.2. The van der Waals surface area contributed by atoms with Crippen LogP contribution in [0.15, 0.2) is 30.3 Å². The number of piperazine rings is 1. The van der Waals surface area contributed by atoms with E-state index in [1.807, 2.05) is 32.0 Å². The van der Waals surface area contributed by atoms with Gasteiger partial charge >= 0.3 is 0 Å². The average molecular weight is 439 g/mol. The van der Waals surface area contributed by atoms with E-state index in [-0.39, 0.29) is 23.8 Å². The molecule has 8 nitrogen and oxygen atoms in total. The number of piperidine rings is 1. The number of amides is 1. The summed E-state index contributed by atoms with van der Waals surface area (Å²) in [4.78, 5) is 17.6. The number of hydrogen-bond acceptors (Lipinski definition) is 7. The van der Waals surface area contributed by atoms with Crippen molar-refractivity contribution in [2.24, 2.45) is 5.92 Å². The molecule has 2 atom stereocenters. The molecular weight excluding hydrogens is 404 g/mol. The summed E-state index contributed by atoms with van der Waals surface area (Å²) in [6.07, 6.45) is 3.93. The SMILES string of the molecule is CC.Nc1nnc(-c2ccccc2O)cc1N1CC2CCC(C1)N2C(=O)C1CCNCC1. The third kappa shape index (κ3) is 4.24. The highest BCUT2D eigenvalue weighted by Crippen LogP contribution is 2.37. The van der Waals surface area contributed by atoms with Gasteiger partial charge in [0.1, 0.15) is 5.75 Å². The van der Waals surface area contributed by atoms with E-state index in [4.69, 9.17) is 5.73 Å². The molecule has 8 heteroatoms. The number of benzene rings is 1. The van der Waals surface area contributed by atoms with Crippen molar-refractivity contribution in [2.75, 3.05) is 36.8 Å². The Labute approximate surface area is 189 Å². The molecule has 4 N–H and O–H groups in total. The molecule has 2 aromatic rings. The van der Waals surface area contributed by atoms with Gasteiger partial charge in [-0.2, -0.15) is 0 Å². The summed E-state index contributed by atoms with van der Waals surface area (Å²) in [6.45, 7) is 7.37. The first-order valence-electron chi connectivity index (χ1n) is 11.8. The Morgan fingerprint density at radius 2 is 1.72 bits per heavy atom. The van der Waals surface area contributed by atoms with Gasteiger partial charge in [-0.05, 0) is 57.0 Å². The normalized spacial score (nSPS) is 22.9. The van der Waals surface area contributed by atoms with Crippen LogP contribution in [0, 0.1) is 5.92 Å². The molecule has 0 aliphatic carbocycles. The molecule has 1 aromatic heterocycles. The number of aromatic hydroxyl groups is 1. The van der Waals surface area contributed by atoms with Gasteiger partial charge < -0.3 is 26.0 Å². The second-order valence-corrected chi connectivity index (χ2v) is 8.58. The number of nitrogens with zero attached hydrogens (tertiary/aromatic N) is 4. The fourth-order valence-electron chi connectivity index (χ4n) is 5.21. The third-order valence-corrected chi connectivity index (χ3v) is 6.75. The minimum absolute atomic E-state index is 0.154. The van der Waals surface area contributed by atoms with Gasteiger partial charge in [0.15, 0.2) is 5.82 Å². The molecule has 3 aliphatic rings. The van der Waals surface area contributed by atoms with E-state index >= 15 is 0 Å². The fourth-order valence-corrected chi connectivity index (χ4v) is 5.21. The Kier molecular flexibility index (Phi) is 6.79. The van der Waals surface area contributed by atoms with E-state index in [2.05, 4.69) is 25.3 Å². The molecule has 1 aromatic carbocycles. The van der Waals surface area contributed by atoms with Gasteiger partial charge in [0.05, 0.1) is 11.4 Å². The Bertz CT molecular complexity index is 932. The van der Waals surface area contributed by atoms with Crippen LogP contribution in [0.5, 0.6) is 5.75 Å². The number of fused-ring (bicyclic) bond motifs is 2. The molecule has 0 radical (unpaired) electrons. The minimum atomic E-state index is 0.154. The molecular formula is C24H34N6O2. The number of phenols is 1. The van der Waals surface area contributed by atoms with Crippen molar-refractivity contribution in [2.45, 2.75) is 51.6 Å². The van der Waals surface area contributed by atoms with E-state index in [1.165, 1.54) is 0 Å². The first kappa shape index (κ1) is 22.3. The second-order valence-electron chi connectivity index (χ2n) is 8.58. The van der Waals surface area contributed by atoms with Gasteiger partial charge in [-0.15, -0.1) is 10.2 Å². The van der Waals surface area contributed by atoms with Crippen molar-refractivity contribution in [1.82, 2.24) is 20.4 Å². The Morgan fingerprint density at radius 3 is 2.38 bits per heavy atom. The molecule has 2 unspecified atom stereocenters. The summed E-state index contributed by atoms with van der Waals surface area (Å²) in [7, 11) is 0. The minimum Gasteiger partial charge on any atom is -0.507 e. The Balaban J connectivity index is 0.00000119. The number of anilines is 2. The summed E-state index contributed by atoms with van der Waals surface area (Å²) in [5, 5.41) is 21.9. The molecule has 3 aliphatic heterocycles. The maximum Gasteiger partial charge on any atom is 0.226 e. The number of hydrogen-bond donors (Lipinski definition) is 3. The number of nitrogens with two attached hydrogens (primary N) is 1. The smallest absolute Gasteiger partial charge is 0.226 e. The van der Waals surface area contributed by atoms with Crippen LogP contribution in [0.25, 0.3) is 11.3 Å². The van der Waals surface area contributed by atoms with Crippen LogP contribution < -0.4 is 16.0 Å². The predicted octanol–water partition coefficient (Wildman–Crippen LogP) is 2.64. The average Bonchev–Trinajstić information content (AvgIpc) is 3.10. The van der Waals surface area contributed by atoms with E-state index in [0.717, 1.165) is 57.5 Å². The van der Waals surface area contributed by atoms with E-state index in [1.54, 1.807) is 12.1 Å². The van der Waals surface area contributed by atoms with Gasteiger partial charge in [-0.3, -0.25) is 4.79 Å². The Hall–Kier alpha value is -2.87. The highest BCUT2D eigenvalue weighted by atomic mass is 16.3. The first-order valence-corrected chi connectivity index (χ1v) is 11.8. The monoisotopic (exact) mass is 438 g/mol. The van der Waals surface area contributed by atoms with E-state index < -0.39 is 0 Å². The van der Waals surface area contributed by atoms with Crippen LogP contribution in [-0.2, 0) is 4.79 Å². The first-order chi connectivity index (χ1) is 15.6. The predicted molar refractivity (Wildman–Crippen MR) is 126 cm³/mol. The van der Waals surface area contributed by atoms with Gasteiger partial charge in [0.25, 0.3) is 0 Å². The number of nitrogens with one attached hydrogen (secondary N) is 1. The van der Waals surface area contributed by atoms with Gasteiger partial charge in [0.2, 0.25) is 5.91 Å². The molecule has 5 rings (SSSR count). The van der Waals surface area contributed by atoms with Crippen LogP contribution in [0.3, 0.4) is 0 Å². The summed E-state index contributed by atoms with van der Waals surface area (Å²) >= 11 is 0. The number of carbonyl (C=O) groups excluding carboxylic acids is 1. The number of phenolic OH excluding ortho intramolecular Hbond substituents is 1. The van der Waals surface area contributed by atoms with Crippen molar-refractivity contribution in [3.63, 3.8) is 0 Å². The molecule has 0 saturated carbocycles. The van der Waals surface area contributed by atoms with Crippen molar-refractivity contribution < 1.29 is 9.90 Å². The number of aromatic nitrogens is 2. The topological polar surface area (TPSA) is 108 Å². The molecule has 32 heavy (non-hydrogen) atoms. The highest BCUT2D eigenvalue weighted by molar-refractivity contribution is 5.81. The van der Waals surface area contributed by atoms with Crippen LogP contribution >= 0.6 is 0 Å². The Morgan fingerprint density at radius 1 is 1.06 bits per heavy atom. The quantitative estimate of drug-likeness (QED) is 0.676. The zero-order valence-electron chi connectivity index (χ0n) is 19.0. The second kappa shape index (κ2) is 9.73. The lowest BCUT2D eigenvalue weighted by Crippen LogP contribution is -2.58. The van der Waals surface area contributed by atoms with E-state index in [0.29, 0.717) is 23.0 Å². The largest absolute Gasteiger partial charge is 0.507 e. The summed E-state index contributed by atoms with van der Waals surface area (Å²) in [5.74, 6) is 1.03. The molecule has 2 bridgehead atoms. The van der Waals surface area contributed by atoms with Crippen LogP contribution in [0.2, 0.25) is 0 Å². The zero-order valence-corrected chi connectivity index (χ0v) is 19.0. The molecule has 0 spiro atoms. The molecule has 1 amide bonds. The number of rotatable bonds is 3. The van der Waals surface area contributed by atoms with Crippen LogP contribution in [0.1, 0.15) is 39.5 Å². The summed E-state index contributed by atoms with van der Waals surface area (Å²) < 4.78 is 0. The highest BCUT2D eigenvalue weighted by Gasteiger charge is 2.44. The fraction of sp³-hybridized carbons (Fsp3) is 0.542. The standard InChI is InChI=1S/C22H28N6O2.C2H6/c23-21-19(11-18(25-26-21)17-3-1-2-4-20(17)29)27-12-15-5-6-16(13-27)28(15)22(30)14-7-9-24-10-8-14;1-2/h1-4,11,14-16,24,29H,5-10,12-13H2,(H2,23,26);1-2H3. The maximum atomic E-state index is 13.2. The lowest BCUT2D eigenvalue weighted by atomic mass is 9.95. The third-order valence-electron chi connectivity index (χ3n) is 6.75. The molecule has 3 saturated heterocycles. The van der Waals surface area contributed by atoms with E-state index in [9.17, 15) is 9.90 Å². The van der Waals surface area contributed by atoms with Crippen molar-refractivity contribution in [3.05, 3.63) is 30.3 Å². The number of carbonyl (C=O) groups is 1. The zero-order chi connectivity index (χ0) is 22.7. The summed E-state index contributed by atoms with van der Waals surface area (Å²) in [5.41, 5.74) is 8.25. The lowest BCUT2D eigenvalue weighted by Gasteiger charge is -2.44. The van der Waals surface area contributed by atoms with Crippen molar-refractivity contribution in [1.29, 1.82) is 0 Å². The molecule has 172 valence electrons. The number of para-hydroxylation sites is 1. The van der Waals surface area contributed by atoms with Crippen molar-refractivity contribution >= 4 is 17.4 Å². The van der Waals surface area contributed by atoms with Gasteiger partial charge in [-0.1, -0.05) is 26.0 Å². The molecule has 4 heterocycles. The van der Waals surface area contributed by atoms with Crippen LogP contribution in [-0.4, -0.2) is 64.4 Å². The van der Waals surface area contributed by atoms with Gasteiger partial charge in [0, 0.05) is 36.7 Å². The number of nitrogen functional groups attached to an aromatic ring is 1. The van der Waals surface area contributed by atoms with Gasteiger partial charge in [-0.25, -0.2) is 0 Å². The summed E-state index contributed by atoms with van der Waals surface area (Å²) in [6, 6.07) is 9.43.